The van der Waals surface area contributed by atoms with Crippen molar-refractivity contribution >= 4 is 56.5 Å². The molecule has 17 heteroatoms. The molecule has 50 heavy (non-hydrogen) atoms. The van der Waals surface area contributed by atoms with Crippen LogP contribution in [0.25, 0.3) is 10.8 Å². The van der Waals surface area contributed by atoms with E-state index < -0.39 is 64.2 Å². The fourth-order valence-electron chi connectivity index (χ4n) is 5.89. The van der Waals surface area contributed by atoms with E-state index >= 15 is 0 Å². The molecule has 6 N–H and O–H groups in total. The third-order valence-electron chi connectivity index (χ3n) is 8.26. The van der Waals surface area contributed by atoms with E-state index in [0.717, 1.165) is 25.2 Å². The molecule has 0 unspecified atom stereocenters. The molecule has 0 bridgehead atoms. The third-order valence-corrected chi connectivity index (χ3v) is 9.73. The van der Waals surface area contributed by atoms with E-state index in [4.69, 9.17) is 30.5 Å². The van der Waals surface area contributed by atoms with Gasteiger partial charge in [-0.05, 0) is 48.6 Å². The Morgan fingerprint density at radius 3 is 2.34 bits per heavy atom. The second kappa shape index (κ2) is 18.3. The van der Waals surface area contributed by atoms with Crippen molar-refractivity contribution in [1.82, 2.24) is 19.8 Å². The van der Waals surface area contributed by atoms with Crippen molar-refractivity contribution in [3.05, 3.63) is 42.5 Å². The van der Waals surface area contributed by atoms with Crippen molar-refractivity contribution in [2.75, 3.05) is 39.3 Å². The number of hydrogen-bond acceptors (Lipinski definition) is 10. The van der Waals surface area contributed by atoms with Crippen LogP contribution in [-0.4, -0.2) is 110 Å². The van der Waals surface area contributed by atoms with Gasteiger partial charge in [0.05, 0.1) is 17.9 Å². The molecule has 4 atom stereocenters. The molecule has 2 aromatic carbocycles. The van der Waals surface area contributed by atoms with Crippen LogP contribution in [0.4, 0.5) is 0 Å². The number of aliphatic carboxylic acids is 1. The fourth-order valence-corrected chi connectivity index (χ4v) is 7.12. The minimum absolute atomic E-state index is 0.0271. The van der Waals surface area contributed by atoms with Crippen LogP contribution in [0.5, 0.6) is 0 Å². The van der Waals surface area contributed by atoms with Crippen LogP contribution in [0.2, 0.25) is 0 Å². The first-order chi connectivity index (χ1) is 23.6. The summed E-state index contributed by atoms with van der Waals surface area (Å²) in [6, 6.07) is 10.4. The lowest BCUT2D eigenvalue weighted by Gasteiger charge is -2.37. The summed E-state index contributed by atoms with van der Waals surface area (Å²) in [6.45, 7) is 5.36. The van der Waals surface area contributed by atoms with Gasteiger partial charge < -0.3 is 35.4 Å². The van der Waals surface area contributed by atoms with Crippen molar-refractivity contribution in [3.8, 4) is 0 Å². The van der Waals surface area contributed by atoms with E-state index in [0.29, 0.717) is 18.5 Å². The van der Waals surface area contributed by atoms with Gasteiger partial charge in [-0.15, -0.1) is 0 Å². The Kier molecular flexibility index (Phi) is 14.5. The number of carbonyl (C=O) groups is 5. The topological polar surface area (TPSA) is 239 Å². The number of ether oxygens (including phenoxy) is 2. The van der Waals surface area contributed by atoms with Crippen LogP contribution < -0.4 is 15.8 Å². The number of carboxylic acid groups (broad SMARTS) is 1. The molecule has 0 saturated carbocycles. The first-order valence-corrected chi connectivity index (χ1v) is 17.8. The van der Waals surface area contributed by atoms with Crippen molar-refractivity contribution in [3.63, 3.8) is 0 Å². The van der Waals surface area contributed by atoms with Crippen LogP contribution in [0, 0.1) is 17.2 Å². The molecule has 0 aliphatic carbocycles. The number of likely N-dealkylation sites (tertiary alicyclic amines) is 2. The lowest BCUT2D eigenvalue weighted by molar-refractivity contribution is -0.166. The van der Waals surface area contributed by atoms with Gasteiger partial charge in [-0.2, -0.15) is 4.72 Å². The first kappa shape index (κ1) is 39.7. The fraction of sp³-hybridized carbons (Fsp3) is 0.515. The normalized spacial score (nSPS) is 19.7. The summed E-state index contributed by atoms with van der Waals surface area (Å²) in [5, 5.41) is 19.5. The molecule has 0 aromatic heterocycles. The Balaban J connectivity index is 0.00000160. The molecular weight excluding hydrogens is 672 g/mol. The number of fused-ring (bicyclic) bond motifs is 1. The van der Waals surface area contributed by atoms with Gasteiger partial charge in [-0.1, -0.05) is 30.3 Å². The summed E-state index contributed by atoms with van der Waals surface area (Å²) in [7, 11) is -4.26. The molecule has 2 amide bonds. The predicted octanol–water partition coefficient (Wildman–Crippen LogP) is 1.03. The van der Waals surface area contributed by atoms with Crippen molar-refractivity contribution in [2.24, 2.45) is 17.6 Å². The summed E-state index contributed by atoms with van der Waals surface area (Å²) < 4.78 is 40.0. The molecule has 2 aromatic rings. The number of carboxylic acids is 1. The molecule has 0 spiro atoms. The number of benzene rings is 2. The predicted molar refractivity (Wildman–Crippen MR) is 182 cm³/mol. The van der Waals surface area contributed by atoms with Gasteiger partial charge in [0.15, 0.2) is 5.96 Å². The van der Waals surface area contributed by atoms with Crippen LogP contribution in [0.3, 0.4) is 0 Å². The summed E-state index contributed by atoms with van der Waals surface area (Å²) >= 11 is 0. The standard InChI is InChI=1S/C31H42N6O8S.C2H4O2/c1-3-44-30(41)25-19-36(14-12-27(25)45-20(2)38)28(39)16-26(29(40)34-17-21-7-6-13-37(18-21)31(32)33)35-46(42,43)24-11-10-22-8-4-5-9-23(22)15-24;1-2(3)4/h4-5,8-11,15,21,25-27,35H,3,6-7,12-14,16-19H2,1-2H3,(H3,32,33)(H,34,40);1H3,(H,3,4)/t21-,25+,26+,27+;/m0./s1. The molecule has 2 fully saturated rings. The quantitative estimate of drug-likeness (QED) is 0.124. The average Bonchev–Trinajstić information content (AvgIpc) is 3.06. The Hall–Kier alpha value is -4.77. The maximum atomic E-state index is 13.6. The van der Waals surface area contributed by atoms with E-state index in [9.17, 15) is 27.6 Å². The van der Waals surface area contributed by atoms with Gasteiger partial charge in [-0.3, -0.25) is 29.4 Å². The van der Waals surface area contributed by atoms with Crippen LogP contribution in [0.15, 0.2) is 47.4 Å². The zero-order valence-electron chi connectivity index (χ0n) is 28.4. The summed E-state index contributed by atoms with van der Waals surface area (Å²) in [4.78, 5) is 63.5. The number of carbonyl (C=O) groups excluding carboxylic acids is 4. The molecule has 2 saturated heterocycles. The lowest BCUT2D eigenvalue weighted by atomic mass is 9.94. The third kappa shape index (κ3) is 11.7. The summed E-state index contributed by atoms with van der Waals surface area (Å²) in [6.07, 6.45) is 0.431. The molecule has 2 aliphatic heterocycles. The van der Waals surface area contributed by atoms with Crippen LogP contribution in [-0.2, 0) is 43.5 Å². The van der Waals surface area contributed by atoms with E-state index in [-0.39, 0.29) is 49.4 Å². The number of sulfonamides is 1. The van der Waals surface area contributed by atoms with Crippen LogP contribution >= 0.6 is 0 Å². The second-order valence-corrected chi connectivity index (χ2v) is 13.8. The largest absolute Gasteiger partial charge is 0.481 e. The van der Waals surface area contributed by atoms with Crippen molar-refractivity contribution in [2.45, 2.75) is 63.5 Å². The first-order valence-electron chi connectivity index (χ1n) is 16.3. The number of nitrogens with zero attached hydrogens (tertiary/aromatic N) is 2. The Morgan fingerprint density at radius 2 is 1.70 bits per heavy atom. The van der Waals surface area contributed by atoms with Gasteiger partial charge in [0.1, 0.15) is 18.1 Å². The van der Waals surface area contributed by atoms with Gasteiger partial charge in [0, 0.05) is 53.0 Å². The van der Waals surface area contributed by atoms with Gasteiger partial charge >= 0.3 is 11.9 Å². The monoisotopic (exact) mass is 718 g/mol. The zero-order valence-corrected chi connectivity index (χ0v) is 29.2. The molecule has 274 valence electrons. The molecule has 16 nitrogen and oxygen atoms in total. The highest BCUT2D eigenvalue weighted by atomic mass is 32.2. The van der Waals surface area contributed by atoms with Gasteiger partial charge in [0.25, 0.3) is 5.97 Å². The zero-order chi connectivity index (χ0) is 37.0. The molecule has 2 aliphatic rings. The minimum atomic E-state index is -4.26. The SMILES string of the molecule is CC(=O)O.CCOC(=O)[C@@H]1CN(C(=O)C[C@@H](NS(=O)(=O)c2ccc3ccccc3c2)C(=O)NC[C@@H]2CCCN(C(=N)N)C2)CC[C@H]1OC(C)=O. The van der Waals surface area contributed by atoms with E-state index in [1.54, 1.807) is 30.0 Å². The number of hydrogen-bond donors (Lipinski definition) is 5. The number of guanidine groups is 1. The maximum Gasteiger partial charge on any atom is 0.314 e. The highest BCUT2D eigenvalue weighted by Crippen LogP contribution is 2.24. The summed E-state index contributed by atoms with van der Waals surface area (Å²) in [5.74, 6) is -4.28. The highest BCUT2D eigenvalue weighted by Gasteiger charge is 2.40. The lowest BCUT2D eigenvalue weighted by Crippen LogP contribution is -2.54. The second-order valence-electron chi connectivity index (χ2n) is 12.1. The van der Waals surface area contributed by atoms with Crippen molar-refractivity contribution in [1.29, 1.82) is 5.41 Å². The number of rotatable bonds is 11. The Bertz CT molecular complexity index is 1670. The number of piperidine rings is 2. The summed E-state index contributed by atoms with van der Waals surface area (Å²) in [5.41, 5.74) is 5.65. The molecule has 2 heterocycles. The van der Waals surface area contributed by atoms with E-state index in [2.05, 4.69) is 10.0 Å². The van der Waals surface area contributed by atoms with Crippen molar-refractivity contribution < 1.29 is 47.0 Å². The number of nitrogens with one attached hydrogen (secondary N) is 3. The van der Waals surface area contributed by atoms with E-state index in [1.165, 1.54) is 24.0 Å². The van der Waals surface area contributed by atoms with E-state index in [1.807, 2.05) is 12.1 Å². The molecular formula is C33H46N6O10S. The average molecular weight is 719 g/mol. The molecule has 4 rings (SSSR count). The number of esters is 2. The van der Waals surface area contributed by atoms with Crippen LogP contribution in [0.1, 0.15) is 46.5 Å². The highest BCUT2D eigenvalue weighted by molar-refractivity contribution is 7.89. The smallest absolute Gasteiger partial charge is 0.314 e. The molecule has 0 radical (unpaired) electrons. The maximum absolute atomic E-state index is 13.6. The Morgan fingerprint density at radius 1 is 1.02 bits per heavy atom. The number of nitrogens with two attached hydrogens (primary N) is 1. The Labute approximate surface area is 291 Å². The number of amides is 2. The van der Waals surface area contributed by atoms with Gasteiger partial charge in [0.2, 0.25) is 21.8 Å². The minimum Gasteiger partial charge on any atom is -0.481 e. The van der Waals surface area contributed by atoms with Gasteiger partial charge in [-0.25, -0.2) is 8.42 Å².